The zero-order valence-corrected chi connectivity index (χ0v) is 22.7. The normalized spacial score (nSPS) is 27.2. The zero-order valence-electron chi connectivity index (χ0n) is 20.3. The maximum Gasteiger partial charge on any atom is 0.150 e. The van der Waals surface area contributed by atoms with Crippen molar-refractivity contribution >= 4 is 44.8 Å². The molecule has 3 fully saturated rings. The molecule has 6 nitrogen and oxygen atoms in total. The van der Waals surface area contributed by atoms with Gasteiger partial charge >= 0.3 is 0 Å². The van der Waals surface area contributed by atoms with E-state index in [2.05, 4.69) is 10.1 Å². The van der Waals surface area contributed by atoms with Gasteiger partial charge in [0.1, 0.15) is 33.4 Å². The van der Waals surface area contributed by atoms with Crippen molar-refractivity contribution in [2.24, 2.45) is 11.8 Å². The van der Waals surface area contributed by atoms with E-state index in [0.29, 0.717) is 70.4 Å². The Morgan fingerprint density at radius 1 is 1.08 bits per heavy atom. The molecule has 2 aliphatic carbocycles. The highest BCUT2D eigenvalue weighted by Crippen LogP contribution is 2.52. The first-order valence-electron chi connectivity index (χ1n) is 12.8. The molecule has 2 aromatic carbocycles. The Labute approximate surface area is 232 Å². The van der Waals surface area contributed by atoms with Gasteiger partial charge in [0.2, 0.25) is 0 Å². The maximum absolute atomic E-state index is 14.4. The van der Waals surface area contributed by atoms with Crippen LogP contribution in [-0.4, -0.2) is 34.6 Å². The van der Waals surface area contributed by atoms with E-state index in [1.165, 1.54) is 17.4 Å². The van der Waals surface area contributed by atoms with Crippen LogP contribution in [0.1, 0.15) is 47.9 Å². The average Bonchev–Trinajstić information content (AvgIpc) is 3.48. The van der Waals surface area contributed by atoms with E-state index >= 15 is 0 Å². The molecule has 198 valence electrons. The minimum absolute atomic E-state index is 0.100. The van der Waals surface area contributed by atoms with Crippen LogP contribution >= 0.6 is 34.5 Å². The van der Waals surface area contributed by atoms with Crippen LogP contribution in [-0.2, 0) is 21.7 Å². The number of hydrogen-bond acceptors (Lipinski definition) is 7. The molecule has 1 N–H and O–H groups in total. The van der Waals surface area contributed by atoms with Crippen molar-refractivity contribution < 1.29 is 23.5 Å². The molecule has 1 saturated heterocycles. The number of aliphatic hydroxyl groups is 1. The molecule has 10 heteroatoms. The Morgan fingerprint density at radius 3 is 2.47 bits per heavy atom. The van der Waals surface area contributed by atoms with Gasteiger partial charge in [-0.3, -0.25) is 0 Å². The number of aromatic nitrogens is 2. The van der Waals surface area contributed by atoms with Crippen LogP contribution in [0.15, 0.2) is 40.9 Å². The highest BCUT2D eigenvalue weighted by atomic mass is 35.5. The quantitative estimate of drug-likeness (QED) is 0.264. The molecule has 0 radical (unpaired) electrons. The van der Waals surface area contributed by atoms with E-state index < -0.39 is 5.60 Å². The summed E-state index contributed by atoms with van der Waals surface area (Å²) >= 11 is 14.4. The number of thiazole rings is 1. The number of halogens is 3. The van der Waals surface area contributed by atoms with Crippen LogP contribution in [0.3, 0.4) is 0 Å². The number of ether oxygens (including phenoxy) is 2. The lowest BCUT2D eigenvalue weighted by atomic mass is 9.66. The first-order chi connectivity index (χ1) is 18.4. The second-order valence-electron chi connectivity index (χ2n) is 10.5. The van der Waals surface area contributed by atoms with E-state index in [4.69, 9.17) is 37.2 Å². The SMILES string of the molecule is OC1(c2nc3c(F)cccc3s2)C2COCC1CC(OCc1c(-c3c(Cl)cccc3Cl)noc1C1CC1)C2. The van der Waals surface area contributed by atoms with Crippen LogP contribution in [0.4, 0.5) is 4.39 Å². The van der Waals surface area contributed by atoms with Crippen LogP contribution in [0.2, 0.25) is 10.0 Å². The molecule has 0 spiro atoms. The van der Waals surface area contributed by atoms with Crippen LogP contribution in [0.5, 0.6) is 0 Å². The summed E-state index contributed by atoms with van der Waals surface area (Å²) < 4.78 is 33.2. The minimum Gasteiger partial charge on any atom is -0.382 e. The molecule has 38 heavy (non-hydrogen) atoms. The Balaban J connectivity index is 1.15. The van der Waals surface area contributed by atoms with Gasteiger partial charge in [-0.2, -0.15) is 0 Å². The molecule has 0 amide bonds. The molecule has 2 saturated carbocycles. The van der Waals surface area contributed by atoms with E-state index in [1.54, 1.807) is 24.3 Å². The van der Waals surface area contributed by atoms with Crippen LogP contribution in [0.25, 0.3) is 21.5 Å². The van der Waals surface area contributed by atoms with E-state index in [9.17, 15) is 9.50 Å². The third-order valence-corrected chi connectivity index (χ3v) is 9.91. The summed E-state index contributed by atoms with van der Waals surface area (Å²) in [7, 11) is 0. The van der Waals surface area contributed by atoms with Crippen LogP contribution < -0.4 is 0 Å². The van der Waals surface area contributed by atoms with Crippen molar-refractivity contribution in [2.45, 2.75) is 49.9 Å². The summed E-state index contributed by atoms with van der Waals surface area (Å²) in [5.41, 5.74) is 1.28. The summed E-state index contributed by atoms with van der Waals surface area (Å²) in [6.07, 6.45) is 3.20. The van der Waals surface area contributed by atoms with E-state index in [1.807, 2.05) is 6.07 Å². The monoisotopic (exact) mass is 574 g/mol. The average molecular weight is 575 g/mol. The number of rotatable bonds is 6. The number of hydrogen-bond donors (Lipinski definition) is 1. The van der Waals surface area contributed by atoms with Crippen molar-refractivity contribution in [1.29, 1.82) is 0 Å². The highest BCUT2D eigenvalue weighted by molar-refractivity contribution is 7.18. The molecule has 2 bridgehead atoms. The smallest absolute Gasteiger partial charge is 0.150 e. The summed E-state index contributed by atoms with van der Waals surface area (Å²) in [5, 5.41) is 17.9. The lowest BCUT2D eigenvalue weighted by Crippen LogP contribution is -2.55. The Hall–Kier alpha value is -2.07. The van der Waals surface area contributed by atoms with E-state index in [0.717, 1.165) is 28.9 Å². The van der Waals surface area contributed by atoms with Crippen molar-refractivity contribution in [2.75, 3.05) is 13.2 Å². The van der Waals surface area contributed by atoms with Crippen LogP contribution in [0, 0.1) is 17.7 Å². The van der Waals surface area contributed by atoms with Gasteiger partial charge in [-0.05, 0) is 49.9 Å². The van der Waals surface area contributed by atoms with Gasteiger partial charge < -0.3 is 19.1 Å². The van der Waals surface area contributed by atoms with Gasteiger partial charge in [0.05, 0.1) is 40.7 Å². The topological polar surface area (TPSA) is 77.6 Å². The van der Waals surface area contributed by atoms with Gasteiger partial charge in [0.15, 0.2) is 0 Å². The third-order valence-electron chi connectivity index (χ3n) is 8.12. The van der Waals surface area contributed by atoms with Crippen molar-refractivity contribution in [3.8, 4) is 11.3 Å². The van der Waals surface area contributed by atoms with Crippen molar-refractivity contribution in [3.05, 3.63) is 68.6 Å². The summed E-state index contributed by atoms with van der Waals surface area (Å²) in [6, 6.07) is 10.3. The second kappa shape index (κ2) is 9.54. The fourth-order valence-electron chi connectivity index (χ4n) is 5.99. The molecular weight excluding hydrogens is 550 g/mol. The lowest BCUT2D eigenvalue weighted by molar-refractivity contribution is -0.209. The molecule has 2 aromatic heterocycles. The molecule has 3 heterocycles. The molecule has 7 rings (SSSR count). The van der Waals surface area contributed by atoms with Gasteiger partial charge in [-0.25, -0.2) is 9.37 Å². The summed E-state index contributed by atoms with van der Waals surface area (Å²) in [5.74, 6) is 0.364. The van der Waals surface area contributed by atoms with E-state index in [-0.39, 0.29) is 23.8 Å². The molecular formula is C28H25Cl2FN2O4S. The van der Waals surface area contributed by atoms with Gasteiger partial charge in [0, 0.05) is 28.9 Å². The first kappa shape index (κ1) is 24.9. The third kappa shape index (κ3) is 4.08. The molecule has 3 aliphatic rings. The molecule has 2 unspecified atom stereocenters. The first-order valence-corrected chi connectivity index (χ1v) is 14.4. The van der Waals surface area contributed by atoms with Crippen molar-refractivity contribution in [1.82, 2.24) is 10.1 Å². The number of benzene rings is 2. The lowest BCUT2D eigenvalue weighted by Gasteiger charge is -2.50. The minimum atomic E-state index is -1.18. The second-order valence-corrected chi connectivity index (χ2v) is 12.4. The van der Waals surface area contributed by atoms with Gasteiger partial charge in [-0.15, -0.1) is 11.3 Å². The number of fused-ring (bicyclic) bond motifs is 3. The maximum atomic E-state index is 14.4. The predicted molar refractivity (Wildman–Crippen MR) is 143 cm³/mol. The Morgan fingerprint density at radius 2 is 1.79 bits per heavy atom. The molecule has 1 aliphatic heterocycles. The van der Waals surface area contributed by atoms with Gasteiger partial charge in [-0.1, -0.05) is 40.5 Å². The fraction of sp³-hybridized carbons (Fsp3) is 0.429. The fourth-order valence-corrected chi connectivity index (χ4v) is 7.79. The zero-order chi connectivity index (χ0) is 26.0. The Bertz CT molecular complexity index is 1490. The molecule has 4 aromatic rings. The Kier molecular flexibility index (Phi) is 6.26. The van der Waals surface area contributed by atoms with Gasteiger partial charge in [0.25, 0.3) is 0 Å². The largest absolute Gasteiger partial charge is 0.382 e. The summed E-state index contributed by atoms with van der Waals surface area (Å²) in [4.78, 5) is 4.55. The van der Waals surface area contributed by atoms with Crippen molar-refractivity contribution in [3.63, 3.8) is 0 Å². The predicted octanol–water partition coefficient (Wildman–Crippen LogP) is 7.10. The number of para-hydroxylation sites is 1. The molecule has 2 atom stereocenters. The summed E-state index contributed by atoms with van der Waals surface area (Å²) in [6.45, 7) is 1.10. The highest BCUT2D eigenvalue weighted by Gasteiger charge is 2.55. The standard InChI is InChI=1S/C28H25Cl2FN2O4S/c29-19-3-1-4-20(30)23(19)24-18(26(37-33-24)14-7-8-14)13-36-17-9-15-11-35-12-16(10-17)28(15,34)27-32-25-21(31)5-2-6-22(25)38-27/h1-6,14-17,34H,7-13H2. The number of nitrogens with zero attached hydrogens (tertiary/aromatic N) is 2.